The van der Waals surface area contributed by atoms with E-state index >= 15 is 0 Å². The minimum Gasteiger partial charge on any atom is -0.458 e. The second-order valence-corrected chi connectivity index (χ2v) is 6.90. The van der Waals surface area contributed by atoms with Crippen LogP contribution in [0.2, 0.25) is 0 Å². The molecule has 8 heteroatoms. The Bertz CT molecular complexity index is 627. The quantitative estimate of drug-likeness (QED) is 0.550. The molecular weight excluding hydrogens is 352 g/mol. The van der Waals surface area contributed by atoms with Crippen molar-refractivity contribution in [1.82, 2.24) is 10.4 Å². The van der Waals surface area contributed by atoms with E-state index in [9.17, 15) is 14.4 Å². The molecule has 0 aliphatic rings. The summed E-state index contributed by atoms with van der Waals surface area (Å²) in [4.78, 5) is 41.1. The topological polar surface area (TPSA) is 94.2 Å². The molecule has 0 bridgehead atoms. The highest BCUT2D eigenvalue weighted by Gasteiger charge is 2.28. The molecular formula is C19H28N2O6. The molecule has 0 saturated heterocycles. The first kappa shape index (κ1) is 22.4. The van der Waals surface area contributed by atoms with E-state index in [2.05, 4.69) is 5.32 Å². The number of hydrogen-bond donors (Lipinski definition) is 1. The van der Waals surface area contributed by atoms with Gasteiger partial charge in [0.25, 0.3) is 0 Å². The maximum Gasteiger partial charge on any atom is 0.408 e. The van der Waals surface area contributed by atoms with Crippen LogP contribution in [0.1, 0.15) is 39.2 Å². The van der Waals surface area contributed by atoms with Crippen molar-refractivity contribution >= 4 is 18.0 Å². The number of nitrogens with zero attached hydrogens (tertiary/aromatic N) is 1. The lowest BCUT2D eigenvalue weighted by atomic mass is 10.1. The zero-order valence-corrected chi connectivity index (χ0v) is 16.5. The van der Waals surface area contributed by atoms with Crippen LogP contribution in [-0.4, -0.2) is 48.8 Å². The summed E-state index contributed by atoms with van der Waals surface area (Å²) >= 11 is 0. The van der Waals surface area contributed by atoms with Gasteiger partial charge in [-0.05, 0) is 32.8 Å². The number of carbonyl (C=O) groups excluding carboxylic acids is 3. The molecule has 1 unspecified atom stereocenters. The number of alkyl carbamates (subject to hydrolysis) is 1. The van der Waals surface area contributed by atoms with E-state index < -0.39 is 23.7 Å². The maximum atomic E-state index is 12.4. The number of hydroxylamine groups is 2. The van der Waals surface area contributed by atoms with Gasteiger partial charge in [0.2, 0.25) is 5.91 Å². The highest BCUT2D eigenvalue weighted by molar-refractivity contribution is 5.83. The van der Waals surface area contributed by atoms with Crippen molar-refractivity contribution in [3.8, 4) is 0 Å². The van der Waals surface area contributed by atoms with Gasteiger partial charge in [0.15, 0.2) is 0 Å². The molecule has 27 heavy (non-hydrogen) atoms. The van der Waals surface area contributed by atoms with E-state index in [-0.39, 0.29) is 25.4 Å². The monoisotopic (exact) mass is 380 g/mol. The van der Waals surface area contributed by atoms with E-state index in [0.29, 0.717) is 0 Å². The minimum atomic E-state index is -1.01. The lowest BCUT2D eigenvalue weighted by Crippen LogP contribution is -2.45. The Morgan fingerprint density at radius 3 is 2.33 bits per heavy atom. The summed E-state index contributed by atoms with van der Waals surface area (Å²) in [6.45, 7) is 5.23. The molecule has 0 aliphatic heterocycles. The molecule has 0 spiro atoms. The zero-order chi connectivity index (χ0) is 20.4. The van der Waals surface area contributed by atoms with Crippen LogP contribution in [0.4, 0.5) is 4.79 Å². The Labute approximate surface area is 159 Å². The minimum absolute atomic E-state index is 0.00673. The van der Waals surface area contributed by atoms with Crippen LogP contribution >= 0.6 is 0 Å². The summed E-state index contributed by atoms with van der Waals surface area (Å²) in [7, 11) is 2.83. The van der Waals surface area contributed by atoms with Crippen LogP contribution < -0.4 is 5.32 Å². The lowest BCUT2D eigenvalue weighted by Gasteiger charge is -2.24. The molecule has 1 atom stereocenters. The number of carbonyl (C=O) groups is 3. The number of ether oxygens (including phenoxy) is 2. The van der Waals surface area contributed by atoms with Crippen molar-refractivity contribution in [2.45, 2.75) is 51.9 Å². The lowest BCUT2D eigenvalue weighted by molar-refractivity contribution is -0.169. The normalized spacial score (nSPS) is 12.0. The van der Waals surface area contributed by atoms with Crippen molar-refractivity contribution < 1.29 is 28.7 Å². The second kappa shape index (κ2) is 10.5. The largest absolute Gasteiger partial charge is 0.458 e. The molecule has 0 aliphatic carbocycles. The number of benzene rings is 1. The van der Waals surface area contributed by atoms with E-state index in [0.717, 1.165) is 10.6 Å². The molecule has 0 radical (unpaired) electrons. The Morgan fingerprint density at radius 2 is 1.78 bits per heavy atom. The second-order valence-electron chi connectivity index (χ2n) is 6.90. The van der Waals surface area contributed by atoms with Gasteiger partial charge in [-0.3, -0.25) is 9.63 Å². The maximum absolute atomic E-state index is 12.4. The van der Waals surface area contributed by atoms with Crippen molar-refractivity contribution in [1.29, 1.82) is 0 Å². The van der Waals surface area contributed by atoms with Gasteiger partial charge in [0, 0.05) is 13.5 Å². The Hall–Kier alpha value is -2.61. The number of rotatable bonds is 8. The molecule has 1 aromatic rings. The number of amides is 2. The molecule has 0 aromatic heterocycles. The summed E-state index contributed by atoms with van der Waals surface area (Å²) < 4.78 is 10.5. The molecule has 150 valence electrons. The molecule has 1 rings (SSSR count). The molecule has 1 aromatic carbocycles. The molecule has 8 nitrogen and oxygen atoms in total. The van der Waals surface area contributed by atoms with Crippen LogP contribution in [0, 0.1) is 0 Å². The van der Waals surface area contributed by atoms with Gasteiger partial charge in [-0.25, -0.2) is 14.7 Å². The summed E-state index contributed by atoms with van der Waals surface area (Å²) in [6, 6.07) is 8.14. The Morgan fingerprint density at radius 1 is 1.15 bits per heavy atom. The van der Waals surface area contributed by atoms with Gasteiger partial charge in [-0.2, -0.15) is 0 Å². The van der Waals surface area contributed by atoms with Gasteiger partial charge in [0.05, 0.1) is 7.11 Å². The zero-order valence-electron chi connectivity index (χ0n) is 16.5. The molecule has 0 saturated carbocycles. The predicted molar refractivity (Wildman–Crippen MR) is 98.4 cm³/mol. The van der Waals surface area contributed by atoms with Crippen LogP contribution in [-0.2, 0) is 30.5 Å². The van der Waals surface area contributed by atoms with Gasteiger partial charge >= 0.3 is 12.1 Å². The third-order valence-corrected chi connectivity index (χ3v) is 3.47. The first-order chi connectivity index (χ1) is 12.6. The van der Waals surface area contributed by atoms with E-state index in [4.69, 9.17) is 14.3 Å². The van der Waals surface area contributed by atoms with Crippen LogP contribution in [0.5, 0.6) is 0 Å². The van der Waals surface area contributed by atoms with Crippen LogP contribution in [0.25, 0.3) is 0 Å². The van der Waals surface area contributed by atoms with Crippen molar-refractivity contribution in [3.05, 3.63) is 35.9 Å². The molecule has 0 fully saturated rings. The van der Waals surface area contributed by atoms with E-state index in [1.54, 1.807) is 20.8 Å². The average molecular weight is 380 g/mol. The summed E-state index contributed by atoms with van der Waals surface area (Å²) in [6.07, 6.45) is -0.711. The van der Waals surface area contributed by atoms with Crippen LogP contribution in [0.15, 0.2) is 30.3 Å². The number of nitrogens with one attached hydrogen (secondary N) is 1. The predicted octanol–water partition coefficient (Wildman–Crippen LogP) is 2.42. The smallest absolute Gasteiger partial charge is 0.408 e. The van der Waals surface area contributed by atoms with Gasteiger partial charge in [0.1, 0.15) is 18.2 Å². The van der Waals surface area contributed by atoms with Gasteiger partial charge < -0.3 is 14.8 Å². The fourth-order valence-electron chi connectivity index (χ4n) is 2.06. The summed E-state index contributed by atoms with van der Waals surface area (Å²) in [5.41, 5.74) is 0.0940. The van der Waals surface area contributed by atoms with Crippen molar-refractivity contribution in [2.75, 3.05) is 14.2 Å². The molecule has 2 amide bonds. The highest BCUT2D eigenvalue weighted by atomic mass is 16.7. The van der Waals surface area contributed by atoms with Gasteiger partial charge in [-0.1, -0.05) is 30.3 Å². The fourth-order valence-corrected chi connectivity index (χ4v) is 2.06. The summed E-state index contributed by atoms with van der Waals surface area (Å²) in [5, 5.41) is 3.53. The van der Waals surface area contributed by atoms with E-state index in [1.165, 1.54) is 14.2 Å². The molecule has 1 N–H and O–H groups in total. The first-order valence-corrected chi connectivity index (χ1v) is 8.63. The SMILES string of the molecule is CON(C)C(=O)CCC(NC(=O)OCc1ccccc1)C(=O)OC(C)(C)C. The molecule has 0 heterocycles. The Balaban J connectivity index is 2.67. The van der Waals surface area contributed by atoms with Crippen molar-refractivity contribution in [3.63, 3.8) is 0 Å². The standard InChI is InChI=1S/C19H28N2O6/c1-19(2,3)27-17(23)15(11-12-16(22)21(4)25-5)20-18(24)26-13-14-9-7-6-8-10-14/h6-10,15H,11-13H2,1-5H3,(H,20,24). The summed E-state index contributed by atoms with van der Waals surface area (Å²) in [5.74, 6) is -0.961. The number of hydrogen-bond acceptors (Lipinski definition) is 6. The van der Waals surface area contributed by atoms with Crippen LogP contribution in [0.3, 0.4) is 0 Å². The third kappa shape index (κ3) is 9.05. The number of esters is 1. The third-order valence-electron chi connectivity index (χ3n) is 3.47. The average Bonchev–Trinajstić information content (AvgIpc) is 2.61. The van der Waals surface area contributed by atoms with Crippen molar-refractivity contribution in [2.24, 2.45) is 0 Å². The highest BCUT2D eigenvalue weighted by Crippen LogP contribution is 2.12. The van der Waals surface area contributed by atoms with E-state index in [1.807, 2.05) is 30.3 Å². The first-order valence-electron chi connectivity index (χ1n) is 8.63. The fraction of sp³-hybridized carbons (Fsp3) is 0.526. The Kier molecular flexibility index (Phi) is 8.74. The van der Waals surface area contributed by atoms with Gasteiger partial charge in [-0.15, -0.1) is 0 Å².